The molecule has 2 heterocycles. The van der Waals surface area contributed by atoms with Gasteiger partial charge in [-0.3, -0.25) is 0 Å². The van der Waals surface area contributed by atoms with Gasteiger partial charge in [0.25, 0.3) is 0 Å². The first-order valence-corrected chi connectivity index (χ1v) is 4.95. The SMILES string of the molecule is CC(CN)(CO)c1c[nH]c2ncccc12. The Morgan fingerprint density at radius 1 is 1.60 bits per heavy atom. The largest absolute Gasteiger partial charge is 0.395 e. The first-order valence-electron chi connectivity index (χ1n) is 4.95. The van der Waals surface area contributed by atoms with Crippen molar-refractivity contribution in [2.75, 3.05) is 13.2 Å². The van der Waals surface area contributed by atoms with Gasteiger partial charge in [0.1, 0.15) is 5.65 Å². The molecule has 2 aromatic rings. The highest BCUT2D eigenvalue weighted by molar-refractivity contribution is 5.80. The average molecular weight is 205 g/mol. The van der Waals surface area contributed by atoms with E-state index in [4.69, 9.17) is 5.73 Å². The Hall–Kier alpha value is -1.39. The zero-order valence-electron chi connectivity index (χ0n) is 8.70. The van der Waals surface area contributed by atoms with Crippen molar-refractivity contribution in [2.24, 2.45) is 5.73 Å². The Bertz CT molecular complexity index is 460. The van der Waals surface area contributed by atoms with Crippen molar-refractivity contribution in [1.82, 2.24) is 9.97 Å². The number of nitrogens with two attached hydrogens (primary N) is 1. The number of aliphatic hydroxyl groups excluding tert-OH is 1. The Morgan fingerprint density at radius 2 is 2.40 bits per heavy atom. The molecular formula is C11H15N3O. The van der Waals surface area contributed by atoms with Crippen molar-refractivity contribution >= 4 is 11.0 Å². The van der Waals surface area contributed by atoms with E-state index in [-0.39, 0.29) is 6.61 Å². The van der Waals surface area contributed by atoms with Crippen molar-refractivity contribution in [3.8, 4) is 0 Å². The van der Waals surface area contributed by atoms with E-state index in [9.17, 15) is 5.11 Å². The van der Waals surface area contributed by atoms with Crippen LogP contribution in [0.4, 0.5) is 0 Å². The van der Waals surface area contributed by atoms with E-state index >= 15 is 0 Å². The third-order valence-electron chi connectivity index (χ3n) is 2.90. The predicted octanol–water partition coefficient (Wildman–Crippen LogP) is 0.772. The number of H-pyrrole nitrogens is 1. The monoisotopic (exact) mass is 205 g/mol. The molecule has 0 radical (unpaired) electrons. The van der Waals surface area contributed by atoms with E-state index in [1.165, 1.54) is 0 Å². The van der Waals surface area contributed by atoms with Crippen LogP contribution in [0.25, 0.3) is 11.0 Å². The van der Waals surface area contributed by atoms with Gasteiger partial charge in [-0.1, -0.05) is 6.92 Å². The lowest BCUT2D eigenvalue weighted by Gasteiger charge is -2.24. The van der Waals surface area contributed by atoms with Crippen LogP contribution in [0.3, 0.4) is 0 Å². The lowest BCUT2D eigenvalue weighted by Crippen LogP contribution is -2.35. The normalized spacial score (nSPS) is 15.4. The molecule has 0 fully saturated rings. The third kappa shape index (κ3) is 1.52. The maximum atomic E-state index is 9.40. The molecule has 0 aliphatic carbocycles. The fourth-order valence-electron chi connectivity index (χ4n) is 1.71. The van der Waals surface area contributed by atoms with Gasteiger partial charge in [-0.25, -0.2) is 4.98 Å². The minimum absolute atomic E-state index is 0.0331. The second kappa shape index (κ2) is 3.64. The van der Waals surface area contributed by atoms with Crippen LogP contribution in [0.15, 0.2) is 24.5 Å². The molecule has 0 amide bonds. The number of fused-ring (bicyclic) bond motifs is 1. The molecule has 0 bridgehead atoms. The highest BCUT2D eigenvalue weighted by atomic mass is 16.3. The van der Waals surface area contributed by atoms with Gasteiger partial charge in [-0.15, -0.1) is 0 Å². The van der Waals surface area contributed by atoms with E-state index in [0.717, 1.165) is 16.6 Å². The predicted molar refractivity (Wildman–Crippen MR) is 59.6 cm³/mol. The van der Waals surface area contributed by atoms with E-state index in [1.807, 2.05) is 25.3 Å². The van der Waals surface area contributed by atoms with Crippen LogP contribution >= 0.6 is 0 Å². The molecule has 0 aliphatic heterocycles. The minimum atomic E-state index is -0.402. The average Bonchev–Trinajstić information content (AvgIpc) is 2.72. The van der Waals surface area contributed by atoms with Crippen LogP contribution in [0.5, 0.6) is 0 Å². The summed E-state index contributed by atoms with van der Waals surface area (Å²) in [5.74, 6) is 0. The van der Waals surface area contributed by atoms with Crippen molar-refractivity contribution in [2.45, 2.75) is 12.3 Å². The maximum absolute atomic E-state index is 9.40. The number of hydrogen-bond acceptors (Lipinski definition) is 3. The van der Waals surface area contributed by atoms with Crippen molar-refractivity contribution < 1.29 is 5.11 Å². The molecule has 15 heavy (non-hydrogen) atoms. The topological polar surface area (TPSA) is 74.9 Å². The molecule has 0 saturated carbocycles. The number of aromatic nitrogens is 2. The highest BCUT2D eigenvalue weighted by Gasteiger charge is 2.27. The molecular weight excluding hydrogens is 190 g/mol. The summed E-state index contributed by atoms with van der Waals surface area (Å²) >= 11 is 0. The first-order chi connectivity index (χ1) is 7.21. The summed E-state index contributed by atoms with van der Waals surface area (Å²) in [7, 11) is 0. The molecule has 2 rings (SSSR count). The van der Waals surface area contributed by atoms with E-state index in [1.54, 1.807) is 6.20 Å². The number of pyridine rings is 1. The molecule has 0 spiro atoms. The smallest absolute Gasteiger partial charge is 0.137 e. The van der Waals surface area contributed by atoms with Crippen molar-refractivity contribution in [3.63, 3.8) is 0 Å². The number of aliphatic hydroxyl groups is 1. The molecule has 2 aromatic heterocycles. The zero-order valence-corrected chi connectivity index (χ0v) is 8.70. The van der Waals surface area contributed by atoms with Gasteiger partial charge in [0.2, 0.25) is 0 Å². The molecule has 4 N–H and O–H groups in total. The quantitative estimate of drug-likeness (QED) is 0.693. The van der Waals surface area contributed by atoms with Crippen molar-refractivity contribution in [3.05, 3.63) is 30.1 Å². The van der Waals surface area contributed by atoms with Gasteiger partial charge >= 0.3 is 0 Å². The Balaban J connectivity index is 2.61. The number of rotatable bonds is 3. The summed E-state index contributed by atoms with van der Waals surface area (Å²) in [4.78, 5) is 7.29. The van der Waals surface area contributed by atoms with Gasteiger partial charge in [0.15, 0.2) is 0 Å². The summed E-state index contributed by atoms with van der Waals surface area (Å²) in [6, 6.07) is 3.87. The standard InChI is InChI=1S/C11H15N3O/c1-11(6-12,7-15)9-5-14-10-8(9)3-2-4-13-10/h2-5,15H,6-7,12H2,1H3,(H,13,14). The summed E-state index contributed by atoms with van der Waals surface area (Å²) < 4.78 is 0. The Labute approximate surface area is 88.1 Å². The molecule has 4 heteroatoms. The Morgan fingerprint density at radius 3 is 3.07 bits per heavy atom. The highest BCUT2D eigenvalue weighted by Crippen LogP contribution is 2.28. The summed E-state index contributed by atoms with van der Waals surface area (Å²) in [6.07, 6.45) is 3.61. The van der Waals surface area contributed by atoms with E-state index in [0.29, 0.717) is 6.54 Å². The van der Waals surface area contributed by atoms with Crippen LogP contribution in [0.2, 0.25) is 0 Å². The Kier molecular flexibility index (Phi) is 2.46. The van der Waals surface area contributed by atoms with Gasteiger partial charge < -0.3 is 15.8 Å². The number of aromatic amines is 1. The fourth-order valence-corrected chi connectivity index (χ4v) is 1.71. The lowest BCUT2D eigenvalue weighted by atomic mass is 9.83. The molecule has 0 saturated heterocycles. The fraction of sp³-hybridized carbons (Fsp3) is 0.364. The van der Waals surface area contributed by atoms with E-state index < -0.39 is 5.41 Å². The van der Waals surface area contributed by atoms with Gasteiger partial charge in [-0.2, -0.15) is 0 Å². The van der Waals surface area contributed by atoms with Crippen molar-refractivity contribution in [1.29, 1.82) is 0 Å². The van der Waals surface area contributed by atoms with Crippen LogP contribution in [0.1, 0.15) is 12.5 Å². The molecule has 4 nitrogen and oxygen atoms in total. The van der Waals surface area contributed by atoms with Gasteiger partial charge in [0, 0.05) is 29.7 Å². The molecule has 1 unspecified atom stereocenters. The van der Waals surface area contributed by atoms with Crippen LogP contribution in [0, 0.1) is 0 Å². The lowest BCUT2D eigenvalue weighted by molar-refractivity contribution is 0.211. The maximum Gasteiger partial charge on any atom is 0.137 e. The summed E-state index contributed by atoms with van der Waals surface area (Å²) in [6.45, 7) is 2.39. The number of hydrogen-bond donors (Lipinski definition) is 3. The minimum Gasteiger partial charge on any atom is -0.395 e. The summed E-state index contributed by atoms with van der Waals surface area (Å²) in [5.41, 5.74) is 7.16. The molecule has 1 atom stereocenters. The van der Waals surface area contributed by atoms with Crippen LogP contribution < -0.4 is 5.73 Å². The first kappa shape index (κ1) is 10.1. The number of nitrogens with zero attached hydrogens (tertiary/aromatic N) is 1. The molecule has 0 aromatic carbocycles. The van der Waals surface area contributed by atoms with Crippen LogP contribution in [-0.2, 0) is 5.41 Å². The van der Waals surface area contributed by atoms with Gasteiger partial charge in [0.05, 0.1) is 6.61 Å². The molecule has 80 valence electrons. The van der Waals surface area contributed by atoms with Gasteiger partial charge in [-0.05, 0) is 17.7 Å². The van der Waals surface area contributed by atoms with Crippen LogP contribution in [-0.4, -0.2) is 28.2 Å². The zero-order chi connectivity index (χ0) is 10.9. The van der Waals surface area contributed by atoms with E-state index in [2.05, 4.69) is 9.97 Å². The summed E-state index contributed by atoms with van der Waals surface area (Å²) in [5, 5.41) is 10.4. The number of nitrogens with one attached hydrogen (secondary N) is 1. The second-order valence-electron chi connectivity index (χ2n) is 4.02. The third-order valence-corrected chi connectivity index (χ3v) is 2.90. The second-order valence-corrected chi connectivity index (χ2v) is 4.02. The molecule has 0 aliphatic rings.